The molecule has 1 heterocycles. The molecule has 0 saturated carbocycles. The molecule has 0 atom stereocenters. The zero-order chi connectivity index (χ0) is 14.3. The smallest absolute Gasteiger partial charge is 0.225 e. The van der Waals surface area contributed by atoms with Crippen LogP contribution in [0.15, 0.2) is 78.3 Å². The van der Waals surface area contributed by atoms with Crippen molar-refractivity contribution in [1.82, 2.24) is 15.0 Å². The number of benzene rings is 2. The Morgan fingerprint density at radius 1 is 0.810 bits per heavy atom. The van der Waals surface area contributed by atoms with E-state index in [2.05, 4.69) is 32.1 Å². The summed E-state index contributed by atoms with van der Waals surface area (Å²) < 4.78 is 0. The number of nitrogens with zero attached hydrogens (tertiary/aromatic N) is 4. The second-order valence-electron chi connectivity index (χ2n) is 4.53. The van der Waals surface area contributed by atoms with E-state index in [4.69, 9.17) is 0 Å². The van der Waals surface area contributed by atoms with Crippen molar-refractivity contribution >= 4 is 11.7 Å². The second kappa shape index (κ2) is 6.52. The molecule has 0 bridgehead atoms. The first kappa shape index (κ1) is 13.1. The van der Waals surface area contributed by atoms with Crippen LogP contribution in [-0.4, -0.2) is 20.7 Å². The van der Waals surface area contributed by atoms with Crippen LogP contribution < -0.4 is 0 Å². The molecular weight excluding hydrogens is 260 g/mol. The molecule has 0 amide bonds. The van der Waals surface area contributed by atoms with Crippen molar-refractivity contribution in [2.45, 2.75) is 6.42 Å². The number of aliphatic imine (C=N–C) groups is 1. The largest absolute Gasteiger partial charge is 0.252 e. The van der Waals surface area contributed by atoms with E-state index in [0.29, 0.717) is 5.95 Å². The van der Waals surface area contributed by atoms with Crippen molar-refractivity contribution in [2.75, 3.05) is 0 Å². The topological polar surface area (TPSA) is 51.0 Å². The highest BCUT2D eigenvalue weighted by Gasteiger charge is 2.06. The van der Waals surface area contributed by atoms with Crippen LogP contribution in [0.1, 0.15) is 11.1 Å². The van der Waals surface area contributed by atoms with Crippen LogP contribution in [0.4, 0.5) is 5.95 Å². The van der Waals surface area contributed by atoms with Crippen LogP contribution in [0, 0.1) is 0 Å². The number of hydrogen-bond donors (Lipinski definition) is 0. The highest BCUT2D eigenvalue weighted by Crippen LogP contribution is 2.12. The summed E-state index contributed by atoms with van der Waals surface area (Å²) in [6.45, 7) is 0. The maximum absolute atomic E-state index is 4.58. The molecule has 2 aromatic carbocycles. The van der Waals surface area contributed by atoms with Gasteiger partial charge in [-0.2, -0.15) is 9.97 Å². The Bertz CT molecular complexity index is 710. The molecule has 0 fully saturated rings. The predicted molar refractivity (Wildman–Crippen MR) is 82.6 cm³/mol. The highest BCUT2D eigenvalue weighted by molar-refractivity contribution is 6.02. The highest BCUT2D eigenvalue weighted by atomic mass is 15.1. The molecule has 0 unspecified atom stereocenters. The molecule has 102 valence electrons. The molecule has 0 spiro atoms. The summed E-state index contributed by atoms with van der Waals surface area (Å²) in [6.07, 6.45) is 3.64. The molecule has 3 rings (SSSR count). The Kier molecular flexibility index (Phi) is 4.07. The molecule has 4 nitrogen and oxygen atoms in total. The van der Waals surface area contributed by atoms with E-state index in [-0.39, 0.29) is 0 Å². The van der Waals surface area contributed by atoms with E-state index in [1.807, 2.05) is 48.5 Å². The van der Waals surface area contributed by atoms with Gasteiger partial charge >= 0.3 is 0 Å². The monoisotopic (exact) mass is 274 g/mol. The van der Waals surface area contributed by atoms with Crippen molar-refractivity contribution in [2.24, 2.45) is 4.99 Å². The fourth-order valence-electron chi connectivity index (χ4n) is 2.04. The molecule has 21 heavy (non-hydrogen) atoms. The van der Waals surface area contributed by atoms with E-state index in [1.165, 1.54) is 18.2 Å². The summed E-state index contributed by atoms with van der Waals surface area (Å²) in [6, 6.07) is 20.3. The average molecular weight is 274 g/mol. The summed E-state index contributed by atoms with van der Waals surface area (Å²) in [7, 11) is 0. The molecule has 0 radical (unpaired) electrons. The third-order valence-electron chi connectivity index (χ3n) is 3.04. The van der Waals surface area contributed by atoms with Crippen molar-refractivity contribution < 1.29 is 0 Å². The van der Waals surface area contributed by atoms with Crippen molar-refractivity contribution in [3.63, 3.8) is 0 Å². The van der Waals surface area contributed by atoms with E-state index in [9.17, 15) is 0 Å². The summed E-state index contributed by atoms with van der Waals surface area (Å²) in [5.41, 5.74) is 3.21. The van der Waals surface area contributed by atoms with Gasteiger partial charge in [0.1, 0.15) is 12.7 Å². The van der Waals surface area contributed by atoms with Gasteiger partial charge in [0.05, 0.1) is 5.71 Å². The minimum absolute atomic E-state index is 0.430. The van der Waals surface area contributed by atoms with Crippen LogP contribution in [0.3, 0.4) is 0 Å². The van der Waals surface area contributed by atoms with Gasteiger partial charge in [0.2, 0.25) is 0 Å². The van der Waals surface area contributed by atoms with Crippen molar-refractivity contribution in [3.05, 3.63) is 84.4 Å². The Balaban J connectivity index is 1.97. The van der Waals surface area contributed by atoms with Gasteiger partial charge in [-0.25, -0.2) is 9.98 Å². The molecule has 1 aromatic heterocycles. The van der Waals surface area contributed by atoms with Crippen LogP contribution >= 0.6 is 0 Å². The van der Waals surface area contributed by atoms with Gasteiger partial charge in [0.15, 0.2) is 0 Å². The number of hydrogen-bond acceptors (Lipinski definition) is 4. The zero-order valence-electron chi connectivity index (χ0n) is 11.4. The second-order valence-corrected chi connectivity index (χ2v) is 4.53. The molecular formula is C17H14N4. The molecule has 0 aliphatic rings. The normalized spacial score (nSPS) is 11.3. The first-order valence-corrected chi connectivity index (χ1v) is 6.71. The van der Waals surface area contributed by atoms with Crippen LogP contribution in [0.5, 0.6) is 0 Å². The fourth-order valence-corrected chi connectivity index (χ4v) is 2.04. The fraction of sp³-hybridized carbons (Fsp3) is 0.0588. The molecule has 3 aromatic rings. The van der Waals surface area contributed by atoms with E-state index >= 15 is 0 Å². The van der Waals surface area contributed by atoms with E-state index in [0.717, 1.165) is 17.7 Å². The van der Waals surface area contributed by atoms with Gasteiger partial charge in [0.25, 0.3) is 5.95 Å². The summed E-state index contributed by atoms with van der Waals surface area (Å²) in [4.78, 5) is 16.5. The summed E-state index contributed by atoms with van der Waals surface area (Å²) in [5.74, 6) is 0.430. The number of rotatable bonds is 4. The third-order valence-corrected chi connectivity index (χ3v) is 3.04. The molecule has 0 aliphatic heterocycles. The first-order chi connectivity index (χ1) is 10.4. The quantitative estimate of drug-likeness (QED) is 0.686. The minimum atomic E-state index is 0.430. The lowest BCUT2D eigenvalue weighted by Crippen LogP contribution is -2.05. The SMILES string of the molecule is c1ccc(CC(=Nc2ncncn2)c2ccccc2)cc1. The van der Waals surface area contributed by atoms with Crippen molar-refractivity contribution in [3.8, 4) is 0 Å². The Labute approximate surface area is 123 Å². The van der Waals surface area contributed by atoms with E-state index in [1.54, 1.807) is 0 Å². The van der Waals surface area contributed by atoms with Gasteiger partial charge in [-0.1, -0.05) is 60.7 Å². The minimum Gasteiger partial charge on any atom is -0.225 e. The van der Waals surface area contributed by atoms with E-state index < -0.39 is 0 Å². The van der Waals surface area contributed by atoms with Gasteiger partial charge in [-0.15, -0.1) is 0 Å². The predicted octanol–water partition coefficient (Wildman–Crippen LogP) is 3.24. The first-order valence-electron chi connectivity index (χ1n) is 6.71. The lowest BCUT2D eigenvalue weighted by Gasteiger charge is -2.06. The lowest BCUT2D eigenvalue weighted by molar-refractivity contribution is 1.03. The Hall–Kier alpha value is -2.88. The maximum Gasteiger partial charge on any atom is 0.252 e. The average Bonchev–Trinajstić information content (AvgIpc) is 2.57. The molecule has 4 heteroatoms. The molecule has 0 N–H and O–H groups in total. The maximum atomic E-state index is 4.58. The van der Waals surface area contributed by atoms with Gasteiger partial charge in [-0.05, 0) is 11.1 Å². The molecule has 0 saturated heterocycles. The standard InChI is InChI=1S/C17H14N4/c1-3-7-14(8-4-1)11-16(15-9-5-2-6-10-15)21-17-19-12-18-13-20-17/h1-10,12-13H,11H2. The lowest BCUT2D eigenvalue weighted by atomic mass is 10.0. The summed E-state index contributed by atoms with van der Waals surface area (Å²) >= 11 is 0. The van der Waals surface area contributed by atoms with Gasteiger partial charge < -0.3 is 0 Å². The molecule has 0 aliphatic carbocycles. The number of aromatic nitrogens is 3. The Morgan fingerprint density at radius 3 is 2.10 bits per heavy atom. The summed E-state index contributed by atoms with van der Waals surface area (Å²) in [5, 5.41) is 0. The third kappa shape index (κ3) is 3.57. The van der Waals surface area contributed by atoms with Crippen LogP contribution in [0.25, 0.3) is 0 Å². The van der Waals surface area contributed by atoms with Crippen LogP contribution in [0.2, 0.25) is 0 Å². The Morgan fingerprint density at radius 2 is 1.43 bits per heavy atom. The van der Waals surface area contributed by atoms with Crippen LogP contribution in [-0.2, 0) is 6.42 Å². The zero-order valence-corrected chi connectivity index (χ0v) is 11.4. The van der Waals surface area contributed by atoms with Crippen molar-refractivity contribution in [1.29, 1.82) is 0 Å². The van der Waals surface area contributed by atoms with Gasteiger partial charge in [0, 0.05) is 6.42 Å². The van der Waals surface area contributed by atoms with Gasteiger partial charge in [-0.3, -0.25) is 0 Å².